The van der Waals surface area contributed by atoms with E-state index < -0.39 is 94.6 Å². The maximum atomic E-state index is 13.6. The monoisotopic (exact) mass is 1870 g/mol. The van der Waals surface area contributed by atoms with Crippen LogP contribution in [-0.4, -0.2) is 138 Å². The number of rotatable bonds is 22. The number of ketones is 1. The fourth-order valence-corrected chi connectivity index (χ4v) is 18.2. The summed E-state index contributed by atoms with van der Waals surface area (Å²) in [6.45, 7) is 15.6. The molecule has 3 aromatic heterocycles. The first-order valence-electron chi connectivity index (χ1n) is 44.2. The first-order valence-corrected chi connectivity index (χ1v) is 44.2. The number of benzene rings is 7. The summed E-state index contributed by atoms with van der Waals surface area (Å²) in [6.07, 6.45) is -18.4. The maximum Gasteiger partial charge on any atom is 0.416 e. The number of carbonyl (C=O) groups excluding carboxylic acids is 4. The Morgan fingerprint density at radius 2 is 0.785 bits per heavy atom. The third kappa shape index (κ3) is 20.8. The van der Waals surface area contributed by atoms with Gasteiger partial charge in [0.2, 0.25) is 0 Å². The first kappa shape index (κ1) is 95.8. The van der Waals surface area contributed by atoms with Crippen molar-refractivity contribution >= 4 is 41.5 Å². The van der Waals surface area contributed by atoms with Crippen molar-refractivity contribution in [2.45, 2.75) is 180 Å². The van der Waals surface area contributed by atoms with Crippen LogP contribution in [0.1, 0.15) is 186 Å². The zero-order valence-corrected chi connectivity index (χ0v) is 75.2. The lowest BCUT2D eigenvalue weighted by Crippen LogP contribution is -2.38. The standard InChI is InChI=1S/C36H31F6N3O5.C35H40N4O3.C30H26F6N4O3/c1-19-33(23-13-24(35(37,38)39)17-25(14-23)36(40,41)42)50-34(48)45(19)18-29-26(7-10-32(43-29)44-11-4-12-44)28-16-22(6-9-31(28)49-3)21-5-8-30(47)27(15-21)20(2)46;1-22-16-23(2)18-28(17-22)34-24(3)39(35(40)42-34)21-31-29(11-13-33(37-31)38-14-5-15-38)30-19-27(10-12-32(30)41-4)26-8-6-25(20-36)7-9-26;1-17-27(19-13-20(29(31,32)33)15-21(14-19)30(34,35)36)43-28(41)40(17)16-24-22(5-7-26(38-24)39-10-3-11-39)23-12-18(8-9-37)4-6-25(23)42-2/h5-10,13-17,19,33,47H,4,11-12,18H2,1-3H3;10-13,16-19,24-26,34H,5-9,14-15,21H2,1-4H3;4-7,12-15,17,27H,3,8,10-11,16H2,1-2H3/t19-,33-;24-,25?,26?,34-;17-,27-/m000/s1. The number of hydrogen-bond acceptors (Lipinski definition) is 19. The molecule has 7 aliphatic rings. The summed E-state index contributed by atoms with van der Waals surface area (Å²) in [5.74, 6) is 4.04. The topological polar surface area (TPSA) is 250 Å². The molecule has 6 saturated heterocycles. The third-order valence-electron chi connectivity index (χ3n) is 25.9. The molecule has 6 atom stereocenters. The Bertz CT molecular complexity index is 6170. The van der Waals surface area contributed by atoms with Crippen LogP contribution >= 0.6 is 0 Å². The molecule has 0 radical (unpaired) electrons. The van der Waals surface area contributed by atoms with Crippen LogP contribution in [0.3, 0.4) is 0 Å². The minimum atomic E-state index is -5.07. The molecule has 34 heteroatoms. The lowest BCUT2D eigenvalue weighted by atomic mass is 9.78. The van der Waals surface area contributed by atoms with Gasteiger partial charge in [0.25, 0.3) is 0 Å². The van der Waals surface area contributed by atoms with Gasteiger partial charge in [0.15, 0.2) is 5.78 Å². The molecule has 0 bridgehead atoms. The second kappa shape index (κ2) is 39.0. The molecule has 1 aliphatic carbocycles. The van der Waals surface area contributed by atoms with Crippen molar-refractivity contribution in [1.82, 2.24) is 29.7 Å². The van der Waals surface area contributed by atoms with Gasteiger partial charge in [-0.3, -0.25) is 19.5 Å². The molecule has 22 nitrogen and oxygen atoms in total. The number of cyclic esters (lactones) is 3. The summed E-state index contributed by atoms with van der Waals surface area (Å²) >= 11 is 0. The summed E-state index contributed by atoms with van der Waals surface area (Å²) in [5, 5.41) is 28.7. The number of hydrogen-bond donors (Lipinski definition) is 1. The van der Waals surface area contributed by atoms with E-state index in [1.54, 1.807) is 61.7 Å². The fraction of sp³-hybridized carbons (Fsp3) is 0.376. The SMILES string of the molecule is COc1ccc(-c2ccc(O)c(C(C)=O)c2)cc1-c1ccc(N2CCC2)nc1CN1C(=O)O[C@H](c2cc(C(F)(F)F)cc(C(F)(F)F)c2)[C@@H]1C.COc1ccc(C2CCC(C#N)CC2)cc1-c1ccc(N2CCC2)nc1CN1C(=O)O[C@H](c2cc(C)cc(C)c2)[C@@H]1C.COc1ccc(CC#N)cc1-c1ccc(N2CCC2)nc1CN1C(=O)O[C@H](c2cc(C(F)(F)F)cc(C(F)(F)F)c2)[C@@H]1C. The number of aromatic hydroxyl groups is 1. The molecule has 7 aromatic carbocycles. The van der Waals surface area contributed by atoms with Gasteiger partial charge in [-0.25, -0.2) is 29.3 Å². The van der Waals surface area contributed by atoms with E-state index in [9.17, 15) is 87.5 Å². The van der Waals surface area contributed by atoms with E-state index in [0.717, 1.165) is 135 Å². The molecule has 0 unspecified atom stereocenters. The minimum absolute atomic E-state index is 0.0285. The Kier molecular flexibility index (Phi) is 27.7. The van der Waals surface area contributed by atoms with Crippen LogP contribution in [0.4, 0.5) is 84.5 Å². The van der Waals surface area contributed by atoms with E-state index in [1.807, 2.05) is 32.9 Å². The van der Waals surface area contributed by atoms with E-state index in [0.29, 0.717) is 105 Å². The highest BCUT2D eigenvalue weighted by atomic mass is 19.4. The number of nitrogens with zero attached hydrogens (tertiary/aromatic N) is 11. The number of pyridine rings is 3. The summed E-state index contributed by atoms with van der Waals surface area (Å²) in [6, 6.07) is 44.3. The van der Waals surface area contributed by atoms with Crippen molar-refractivity contribution in [2.75, 3.05) is 75.3 Å². The summed E-state index contributed by atoms with van der Waals surface area (Å²) in [5.41, 5.74) is 5.80. The van der Waals surface area contributed by atoms with Crippen LogP contribution in [-0.2, 0) is 65.0 Å². The second-order valence-electron chi connectivity index (χ2n) is 34.8. The smallest absolute Gasteiger partial charge is 0.416 e. The van der Waals surface area contributed by atoms with Gasteiger partial charge >= 0.3 is 43.0 Å². The van der Waals surface area contributed by atoms with Crippen LogP contribution in [0.15, 0.2) is 164 Å². The van der Waals surface area contributed by atoms with Crippen molar-refractivity contribution in [2.24, 2.45) is 5.92 Å². The lowest BCUT2D eigenvalue weighted by Gasteiger charge is -2.33. The quantitative estimate of drug-likeness (QED) is 0.0376. The Morgan fingerprint density at radius 3 is 1.14 bits per heavy atom. The average molecular weight is 1870 g/mol. The van der Waals surface area contributed by atoms with Gasteiger partial charge in [-0.15, -0.1) is 0 Å². The number of Topliss-reactive ketones (excluding diaryl/α,β-unsaturated/α-hetero) is 1. The molecule has 9 heterocycles. The predicted octanol–water partition coefficient (Wildman–Crippen LogP) is 23.3. The molecule has 3 amide bonds. The van der Waals surface area contributed by atoms with E-state index in [2.05, 4.69) is 86.3 Å². The number of alkyl halides is 12. The number of carbonyl (C=O) groups is 4. The van der Waals surface area contributed by atoms with Gasteiger partial charge in [-0.05, 0) is 253 Å². The molecule has 7 fully saturated rings. The van der Waals surface area contributed by atoms with E-state index in [-0.39, 0.29) is 72.9 Å². The van der Waals surface area contributed by atoms with Gasteiger partial charge in [-0.1, -0.05) is 53.6 Å². The molecule has 6 aliphatic heterocycles. The largest absolute Gasteiger partial charge is 0.507 e. The summed E-state index contributed by atoms with van der Waals surface area (Å²) < 4.78 is 197. The van der Waals surface area contributed by atoms with Gasteiger partial charge in [-0.2, -0.15) is 63.2 Å². The van der Waals surface area contributed by atoms with E-state index >= 15 is 0 Å². The van der Waals surface area contributed by atoms with Crippen LogP contribution in [0.5, 0.6) is 23.0 Å². The second-order valence-corrected chi connectivity index (χ2v) is 34.8. The predicted molar refractivity (Wildman–Crippen MR) is 477 cm³/mol. The zero-order chi connectivity index (χ0) is 96.6. The Labute approximate surface area is 771 Å². The highest BCUT2D eigenvalue weighted by Gasteiger charge is 2.48. The number of nitriles is 2. The van der Waals surface area contributed by atoms with E-state index in [1.165, 1.54) is 56.4 Å². The van der Waals surface area contributed by atoms with Crippen LogP contribution in [0.2, 0.25) is 0 Å². The Hall–Kier alpha value is -13.8. The Morgan fingerprint density at radius 1 is 0.430 bits per heavy atom. The molecule has 17 rings (SSSR count). The lowest BCUT2D eigenvalue weighted by molar-refractivity contribution is -0.144. The van der Waals surface area contributed by atoms with Crippen molar-refractivity contribution in [3.63, 3.8) is 0 Å². The fourth-order valence-electron chi connectivity index (χ4n) is 18.2. The van der Waals surface area contributed by atoms with Crippen molar-refractivity contribution in [1.29, 1.82) is 10.5 Å². The van der Waals surface area contributed by atoms with Crippen LogP contribution < -0.4 is 28.9 Å². The molecule has 135 heavy (non-hydrogen) atoms. The highest BCUT2D eigenvalue weighted by molar-refractivity contribution is 5.98. The molecule has 1 N–H and O–H groups in total. The number of aromatic nitrogens is 3. The number of halogens is 12. The van der Waals surface area contributed by atoms with Crippen LogP contribution in [0, 0.1) is 42.4 Å². The zero-order valence-electron chi connectivity index (χ0n) is 75.2. The molecule has 0 spiro atoms. The number of phenols is 1. The average Bonchev–Trinajstić information content (AvgIpc) is 1.73. The molecule has 1 saturated carbocycles. The van der Waals surface area contributed by atoms with E-state index in [4.69, 9.17) is 43.4 Å². The Balaban J connectivity index is 0.000000155. The summed E-state index contributed by atoms with van der Waals surface area (Å²) in [7, 11) is 4.66. The normalized spacial score (nSPS) is 19.9. The molecular weight excluding hydrogens is 1770 g/mol. The number of aryl methyl sites for hydroxylation is 2. The van der Waals surface area contributed by atoms with Crippen molar-refractivity contribution in [3.8, 4) is 79.6 Å². The third-order valence-corrected chi connectivity index (χ3v) is 25.9. The van der Waals surface area contributed by atoms with Crippen molar-refractivity contribution < 1.29 is 105 Å². The van der Waals surface area contributed by atoms with Crippen molar-refractivity contribution in [3.05, 3.63) is 248 Å². The first-order chi connectivity index (χ1) is 64.2. The highest BCUT2D eigenvalue weighted by Crippen LogP contribution is 2.49. The number of anilines is 3. The summed E-state index contributed by atoms with van der Waals surface area (Å²) in [4.78, 5) is 77.3. The van der Waals surface area contributed by atoms with Gasteiger partial charge < -0.3 is 48.2 Å². The number of amides is 3. The minimum Gasteiger partial charge on any atom is -0.507 e. The van der Waals surface area contributed by atoms with Gasteiger partial charge in [0.05, 0.1) is 123 Å². The molecular formula is C101H97F12N11O11. The number of ether oxygens (including phenoxy) is 6. The van der Waals surface area contributed by atoms with Gasteiger partial charge in [0.1, 0.15) is 58.8 Å². The maximum absolute atomic E-state index is 13.6. The van der Waals surface area contributed by atoms with Crippen LogP contribution in [0.25, 0.3) is 44.5 Å². The van der Waals surface area contributed by atoms with Gasteiger partial charge in [0, 0.05) is 78.6 Å². The number of phenolic OH excluding ortho intramolecular Hbond substituents is 1. The number of methoxy groups -OCH3 is 3. The molecule has 10 aromatic rings. The molecule has 706 valence electrons.